The van der Waals surface area contributed by atoms with Crippen molar-refractivity contribution in [1.29, 1.82) is 0 Å². The van der Waals surface area contributed by atoms with Gasteiger partial charge in [0.25, 0.3) is 0 Å². The molecule has 2 fully saturated rings. The number of piperidine rings is 1. The van der Waals surface area contributed by atoms with E-state index in [9.17, 15) is 9.59 Å². The van der Waals surface area contributed by atoms with Crippen molar-refractivity contribution in [3.8, 4) is 0 Å². The Kier molecular flexibility index (Phi) is 6.45. The largest absolute Gasteiger partial charge is 0.339 e. The summed E-state index contributed by atoms with van der Waals surface area (Å²) in [4.78, 5) is 28.7. The second-order valence-corrected chi connectivity index (χ2v) is 7.05. The van der Waals surface area contributed by atoms with E-state index in [1.807, 2.05) is 28.0 Å². The Bertz CT molecular complexity index is 562. The number of amides is 2. The van der Waals surface area contributed by atoms with Gasteiger partial charge in [-0.1, -0.05) is 36.8 Å². The minimum Gasteiger partial charge on any atom is -0.339 e. The molecule has 3 rings (SSSR count). The lowest BCUT2D eigenvalue weighted by atomic mass is 10.0. The number of piperazine rings is 1. The van der Waals surface area contributed by atoms with E-state index in [1.165, 1.54) is 5.56 Å². The maximum Gasteiger partial charge on any atom is 0.239 e. The molecular weight excluding hydrogens is 314 g/mol. The van der Waals surface area contributed by atoms with Gasteiger partial charge in [-0.3, -0.25) is 9.59 Å². The highest BCUT2D eigenvalue weighted by Crippen LogP contribution is 2.13. The van der Waals surface area contributed by atoms with Crippen molar-refractivity contribution in [2.45, 2.75) is 44.6 Å². The van der Waals surface area contributed by atoms with Crippen molar-refractivity contribution in [3.63, 3.8) is 0 Å². The highest BCUT2D eigenvalue weighted by molar-refractivity contribution is 5.82. The molecular formula is C20H29N3O2. The predicted octanol–water partition coefficient (Wildman–Crippen LogP) is 1.82. The molecule has 0 unspecified atom stereocenters. The Morgan fingerprint density at radius 1 is 1.00 bits per heavy atom. The molecule has 0 bridgehead atoms. The van der Waals surface area contributed by atoms with E-state index in [4.69, 9.17) is 0 Å². The fraction of sp³-hybridized carbons (Fsp3) is 0.600. The van der Waals surface area contributed by atoms with Crippen LogP contribution in [0.5, 0.6) is 0 Å². The summed E-state index contributed by atoms with van der Waals surface area (Å²) in [5, 5.41) is 3.32. The molecule has 2 amide bonds. The zero-order valence-electron chi connectivity index (χ0n) is 15.0. The smallest absolute Gasteiger partial charge is 0.239 e. The van der Waals surface area contributed by atoms with Crippen LogP contribution < -0.4 is 5.32 Å². The minimum atomic E-state index is -0.0122. The monoisotopic (exact) mass is 343 g/mol. The second-order valence-electron chi connectivity index (χ2n) is 7.05. The Morgan fingerprint density at radius 2 is 1.72 bits per heavy atom. The summed E-state index contributed by atoms with van der Waals surface area (Å²) in [6, 6.07) is 10.3. The second kappa shape index (κ2) is 8.99. The molecule has 2 aliphatic rings. The first-order chi connectivity index (χ1) is 12.2. The number of hydrogen-bond acceptors (Lipinski definition) is 3. The van der Waals surface area contributed by atoms with Gasteiger partial charge in [0.2, 0.25) is 11.8 Å². The van der Waals surface area contributed by atoms with Gasteiger partial charge in [-0.05, 0) is 37.8 Å². The maximum absolute atomic E-state index is 12.5. The van der Waals surface area contributed by atoms with Crippen molar-refractivity contribution < 1.29 is 9.59 Å². The van der Waals surface area contributed by atoms with E-state index >= 15 is 0 Å². The molecule has 1 atom stereocenters. The number of benzene rings is 1. The van der Waals surface area contributed by atoms with E-state index in [-0.39, 0.29) is 17.9 Å². The summed E-state index contributed by atoms with van der Waals surface area (Å²) >= 11 is 0. The number of carbonyl (C=O) groups is 2. The molecule has 1 aromatic carbocycles. The van der Waals surface area contributed by atoms with Gasteiger partial charge in [0, 0.05) is 32.6 Å². The Labute approximate surface area is 150 Å². The van der Waals surface area contributed by atoms with Gasteiger partial charge in [-0.25, -0.2) is 0 Å². The Hall–Kier alpha value is -1.88. The number of rotatable bonds is 5. The third kappa shape index (κ3) is 5.05. The quantitative estimate of drug-likeness (QED) is 0.887. The van der Waals surface area contributed by atoms with Crippen LogP contribution in [0.4, 0.5) is 0 Å². The van der Waals surface area contributed by atoms with Crippen molar-refractivity contribution >= 4 is 11.8 Å². The summed E-state index contributed by atoms with van der Waals surface area (Å²) in [7, 11) is 0. The zero-order valence-corrected chi connectivity index (χ0v) is 15.0. The van der Waals surface area contributed by atoms with Crippen LogP contribution in [0, 0.1) is 0 Å². The van der Waals surface area contributed by atoms with Crippen LogP contribution in [0.25, 0.3) is 0 Å². The van der Waals surface area contributed by atoms with Crippen LogP contribution in [-0.4, -0.2) is 60.4 Å². The first-order valence-electron chi connectivity index (χ1n) is 9.58. The van der Waals surface area contributed by atoms with E-state index in [1.54, 1.807) is 0 Å². The topological polar surface area (TPSA) is 52.7 Å². The molecule has 25 heavy (non-hydrogen) atoms. The van der Waals surface area contributed by atoms with E-state index in [0.29, 0.717) is 32.6 Å². The fourth-order valence-corrected chi connectivity index (χ4v) is 3.71. The number of aryl methyl sites for hydroxylation is 1. The lowest BCUT2D eigenvalue weighted by Gasteiger charge is -2.37. The van der Waals surface area contributed by atoms with Crippen LogP contribution in [0.1, 0.15) is 37.7 Å². The SMILES string of the molecule is O=C(CCCc1ccccc1)N1CCN(C(=O)[C@@H]2CCCCN2)CC1. The summed E-state index contributed by atoms with van der Waals surface area (Å²) in [5.74, 6) is 0.440. The van der Waals surface area contributed by atoms with Crippen LogP contribution >= 0.6 is 0 Å². The average Bonchev–Trinajstić information content (AvgIpc) is 2.69. The van der Waals surface area contributed by atoms with Crippen LogP contribution in [-0.2, 0) is 16.0 Å². The summed E-state index contributed by atoms with van der Waals surface area (Å²) < 4.78 is 0. The van der Waals surface area contributed by atoms with Crippen molar-refractivity contribution in [2.75, 3.05) is 32.7 Å². The molecule has 0 saturated carbocycles. The highest BCUT2D eigenvalue weighted by atomic mass is 16.2. The molecule has 0 aliphatic carbocycles. The van der Waals surface area contributed by atoms with E-state index < -0.39 is 0 Å². The van der Waals surface area contributed by atoms with Crippen LogP contribution in [0.15, 0.2) is 30.3 Å². The van der Waals surface area contributed by atoms with Gasteiger partial charge in [0.15, 0.2) is 0 Å². The first kappa shape index (κ1) is 17.9. The summed E-state index contributed by atoms with van der Waals surface area (Å²) in [5.41, 5.74) is 1.28. The van der Waals surface area contributed by atoms with Crippen LogP contribution in [0.3, 0.4) is 0 Å². The number of carbonyl (C=O) groups excluding carboxylic acids is 2. The molecule has 2 aliphatic heterocycles. The lowest BCUT2D eigenvalue weighted by molar-refractivity contribution is -0.141. The number of nitrogens with zero attached hydrogens (tertiary/aromatic N) is 2. The molecule has 5 heteroatoms. The standard InChI is InChI=1S/C20H29N3O2/c24-19(11-6-9-17-7-2-1-3-8-17)22-13-15-23(16-14-22)20(25)18-10-4-5-12-21-18/h1-3,7-8,18,21H,4-6,9-16H2/t18-/m0/s1. The Morgan fingerprint density at radius 3 is 2.40 bits per heavy atom. The van der Waals surface area contributed by atoms with Crippen molar-refractivity contribution in [1.82, 2.24) is 15.1 Å². The van der Waals surface area contributed by atoms with Gasteiger partial charge in [0.05, 0.1) is 6.04 Å². The van der Waals surface area contributed by atoms with Gasteiger partial charge >= 0.3 is 0 Å². The lowest BCUT2D eigenvalue weighted by Crippen LogP contribution is -2.55. The summed E-state index contributed by atoms with van der Waals surface area (Å²) in [6.45, 7) is 3.62. The third-order valence-corrected chi connectivity index (χ3v) is 5.25. The highest BCUT2D eigenvalue weighted by Gasteiger charge is 2.29. The fourth-order valence-electron chi connectivity index (χ4n) is 3.71. The average molecular weight is 343 g/mol. The molecule has 0 aromatic heterocycles. The van der Waals surface area contributed by atoms with Crippen molar-refractivity contribution in [3.05, 3.63) is 35.9 Å². The van der Waals surface area contributed by atoms with Crippen LogP contribution in [0.2, 0.25) is 0 Å². The molecule has 136 valence electrons. The minimum absolute atomic E-state index is 0.0122. The van der Waals surface area contributed by atoms with Gasteiger partial charge in [-0.15, -0.1) is 0 Å². The zero-order chi connectivity index (χ0) is 17.5. The predicted molar refractivity (Wildman–Crippen MR) is 98.2 cm³/mol. The third-order valence-electron chi connectivity index (χ3n) is 5.25. The molecule has 0 radical (unpaired) electrons. The summed E-state index contributed by atoms with van der Waals surface area (Å²) in [6.07, 6.45) is 5.65. The van der Waals surface area contributed by atoms with Gasteiger partial charge in [-0.2, -0.15) is 0 Å². The van der Waals surface area contributed by atoms with E-state index in [0.717, 1.165) is 38.6 Å². The maximum atomic E-state index is 12.5. The molecule has 1 aromatic rings. The molecule has 0 spiro atoms. The molecule has 5 nitrogen and oxygen atoms in total. The number of nitrogens with one attached hydrogen (secondary N) is 1. The Balaban J connectivity index is 1.37. The van der Waals surface area contributed by atoms with E-state index in [2.05, 4.69) is 17.4 Å². The molecule has 2 saturated heterocycles. The molecule has 2 heterocycles. The first-order valence-corrected chi connectivity index (χ1v) is 9.58. The molecule has 1 N–H and O–H groups in total. The van der Waals surface area contributed by atoms with Crippen molar-refractivity contribution in [2.24, 2.45) is 0 Å². The number of hydrogen-bond donors (Lipinski definition) is 1. The van der Waals surface area contributed by atoms with Gasteiger partial charge in [0.1, 0.15) is 0 Å². The van der Waals surface area contributed by atoms with Gasteiger partial charge < -0.3 is 15.1 Å². The normalized spacial score (nSPS) is 21.2.